The van der Waals surface area contributed by atoms with Crippen molar-refractivity contribution in [3.05, 3.63) is 101 Å². The van der Waals surface area contributed by atoms with Gasteiger partial charge in [-0.3, -0.25) is 14.6 Å². The summed E-state index contributed by atoms with van der Waals surface area (Å²) in [5.74, 6) is -1.81. The molecule has 33 heavy (non-hydrogen) atoms. The number of nitrogens with zero attached hydrogens (tertiary/aromatic N) is 2. The third kappa shape index (κ3) is 3.65. The normalized spacial score (nSPS) is 21.2. The summed E-state index contributed by atoms with van der Waals surface area (Å²) < 4.78 is 20.6. The molecule has 3 aromatic rings. The number of aliphatic hydroxyl groups excluding tert-OH is 1. The second-order valence-corrected chi connectivity index (χ2v) is 8.26. The fourth-order valence-electron chi connectivity index (χ4n) is 4.47. The zero-order valence-corrected chi connectivity index (χ0v) is 17.9. The van der Waals surface area contributed by atoms with Gasteiger partial charge < -0.3 is 14.7 Å². The first-order valence-corrected chi connectivity index (χ1v) is 10.7. The Morgan fingerprint density at radius 2 is 1.91 bits per heavy atom. The molecule has 1 N–H and O–H groups in total. The molecule has 5 rings (SSSR count). The lowest BCUT2D eigenvalue weighted by Crippen LogP contribution is -2.29. The van der Waals surface area contributed by atoms with E-state index in [1.807, 2.05) is 6.92 Å². The van der Waals surface area contributed by atoms with Gasteiger partial charge in [0, 0.05) is 36.5 Å². The zero-order valence-electron chi connectivity index (χ0n) is 17.9. The SMILES string of the molecule is CC1Cc2cc(/C(O)=C3/C(=O)C(=O)N(Cc4ccncc4)C3c3ccccc3F)ccc2O1. The molecule has 1 fully saturated rings. The lowest BCUT2D eigenvalue weighted by molar-refractivity contribution is -0.140. The Morgan fingerprint density at radius 1 is 1.15 bits per heavy atom. The van der Waals surface area contributed by atoms with Crippen molar-refractivity contribution in [1.82, 2.24) is 9.88 Å². The molecule has 2 atom stereocenters. The summed E-state index contributed by atoms with van der Waals surface area (Å²) in [6.07, 6.45) is 3.85. The quantitative estimate of drug-likeness (QED) is 0.371. The Bertz CT molecular complexity index is 1290. The third-order valence-electron chi connectivity index (χ3n) is 6.01. The highest BCUT2D eigenvalue weighted by atomic mass is 19.1. The van der Waals surface area contributed by atoms with Gasteiger partial charge in [0.05, 0.1) is 11.6 Å². The second-order valence-electron chi connectivity index (χ2n) is 8.26. The van der Waals surface area contributed by atoms with E-state index in [2.05, 4.69) is 4.98 Å². The molecule has 7 heteroatoms. The maximum absolute atomic E-state index is 14.9. The molecule has 0 saturated carbocycles. The second kappa shape index (κ2) is 8.16. The van der Waals surface area contributed by atoms with Gasteiger partial charge in [-0.1, -0.05) is 18.2 Å². The fraction of sp³-hybridized carbons (Fsp3) is 0.192. The van der Waals surface area contributed by atoms with E-state index in [1.54, 1.807) is 48.8 Å². The van der Waals surface area contributed by atoms with Crippen LogP contribution in [0.25, 0.3) is 5.76 Å². The molecule has 0 bridgehead atoms. The lowest BCUT2D eigenvalue weighted by atomic mass is 9.94. The highest BCUT2D eigenvalue weighted by molar-refractivity contribution is 6.46. The molecule has 6 nitrogen and oxygen atoms in total. The predicted octanol–water partition coefficient (Wildman–Crippen LogP) is 4.17. The number of halogens is 1. The molecule has 3 heterocycles. The Balaban J connectivity index is 1.65. The van der Waals surface area contributed by atoms with Gasteiger partial charge in [-0.2, -0.15) is 0 Å². The van der Waals surface area contributed by atoms with Crippen LogP contribution in [0.3, 0.4) is 0 Å². The zero-order chi connectivity index (χ0) is 23.1. The van der Waals surface area contributed by atoms with Crippen LogP contribution in [0.4, 0.5) is 4.39 Å². The molecule has 166 valence electrons. The number of ether oxygens (including phenoxy) is 1. The predicted molar refractivity (Wildman–Crippen MR) is 119 cm³/mol. The summed E-state index contributed by atoms with van der Waals surface area (Å²) in [7, 11) is 0. The monoisotopic (exact) mass is 444 g/mol. The number of ketones is 1. The number of aromatic nitrogens is 1. The number of fused-ring (bicyclic) bond motifs is 1. The highest BCUT2D eigenvalue weighted by Gasteiger charge is 2.47. The van der Waals surface area contributed by atoms with Crippen molar-refractivity contribution in [3.63, 3.8) is 0 Å². The van der Waals surface area contributed by atoms with Crippen LogP contribution in [0.2, 0.25) is 0 Å². The van der Waals surface area contributed by atoms with Crippen LogP contribution in [0.5, 0.6) is 5.75 Å². The summed E-state index contributed by atoms with van der Waals surface area (Å²) in [4.78, 5) is 31.5. The Morgan fingerprint density at radius 3 is 2.67 bits per heavy atom. The maximum atomic E-state index is 14.9. The van der Waals surface area contributed by atoms with Gasteiger partial charge >= 0.3 is 0 Å². The van der Waals surface area contributed by atoms with Gasteiger partial charge in [-0.25, -0.2) is 4.39 Å². The van der Waals surface area contributed by atoms with Crippen LogP contribution in [0.15, 0.2) is 72.6 Å². The van der Waals surface area contributed by atoms with Crippen LogP contribution < -0.4 is 4.74 Å². The summed E-state index contributed by atoms with van der Waals surface area (Å²) in [6.45, 7) is 2.01. The number of rotatable bonds is 4. The first-order valence-electron chi connectivity index (χ1n) is 10.7. The van der Waals surface area contributed by atoms with Crippen molar-refractivity contribution < 1.29 is 23.8 Å². The highest BCUT2D eigenvalue weighted by Crippen LogP contribution is 2.42. The summed E-state index contributed by atoms with van der Waals surface area (Å²) in [5.41, 5.74) is 2.03. The number of likely N-dealkylation sites (tertiary alicyclic amines) is 1. The van der Waals surface area contributed by atoms with Gasteiger partial charge in [0.25, 0.3) is 11.7 Å². The molecule has 2 unspecified atom stereocenters. The Hall–Kier alpha value is -4.00. The molecule has 1 aromatic heterocycles. The average Bonchev–Trinajstić information content (AvgIpc) is 3.31. The van der Waals surface area contributed by atoms with Crippen LogP contribution in [-0.4, -0.2) is 32.8 Å². The molecule has 1 saturated heterocycles. The molecule has 2 aliphatic rings. The van der Waals surface area contributed by atoms with Crippen molar-refractivity contribution in [2.75, 3.05) is 0 Å². The van der Waals surface area contributed by atoms with Crippen molar-refractivity contribution in [2.45, 2.75) is 32.0 Å². The summed E-state index contributed by atoms with van der Waals surface area (Å²) >= 11 is 0. The van der Waals surface area contributed by atoms with E-state index in [-0.39, 0.29) is 29.5 Å². The van der Waals surface area contributed by atoms with Crippen molar-refractivity contribution in [2.24, 2.45) is 0 Å². The van der Waals surface area contributed by atoms with E-state index in [9.17, 15) is 19.1 Å². The number of carbonyl (C=O) groups is 2. The van der Waals surface area contributed by atoms with Crippen molar-refractivity contribution in [3.8, 4) is 5.75 Å². The molecular formula is C26H21FN2O4. The standard InChI is InChI=1S/C26H21FN2O4/c1-15-12-18-13-17(6-7-21(18)33-15)24(30)22-23(19-4-2-3-5-20(19)27)29(26(32)25(22)31)14-16-8-10-28-11-9-16/h2-11,13,15,23,30H,12,14H2,1H3/b24-22-. The van der Waals surface area contributed by atoms with Crippen LogP contribution in [0, 0.1) is 5.82 Å². The minimum Gasteiger partial charge on any atom is -0.507 e. The van der Waals surface area contributed by atoms with Crippen LogP contribution in [0.1, 0.15) is 35.2 Å². The largest absolute Gasteiger partial charge is 0.507 e. The summed E-state index contributed by atoms with van der Waals surface area (Å²) in [6, 6.07) is 13.5. The molecular weight excluding hydrogens is 423 g/mol. The van der Waals surface area contributed by atoms with E-state index in [0.29, 0.717) is 12.0 Å². The number of hydrogen-bond donors (Lipinski definition) is 1. The number of Topliss-reactive ketones (excluding diaryl/α,β-unsaturated/α-hetero) is 1. The van der Waals surface area contributed by atoms with Crippen molar-refractivity contribution in [1.29, 1.82) is 0 Å². The number of pyridine rings is 1. The van der Waals surface area contributed by atoms with Crippen LogP contribution in [-0.2, 0) is 22.6 Å². The number of amides is 1. The van der Waals surface area contributed by atoms with E-state index in [4.69, 9.17) is 4.74 Å². The van der Waals surface area contributed by atoms with E-state index < -0.39 is 23.5 Å². The number of hydrogen-bond acceptors (Lipinski definition) is 5. The van der Waals surface area contributed by atoms with E-state index >= 15 is 0 Å². The molecule has 1 amide bonds. The number of carbonyl (C=O) groups excluding carboxylic acids is 2. The lowest BCUT2D eigenvalue weighted by Gasteiger charge is -2.25. The van der Waals surface area contributed by atoms with Crippen molar-refractivity contribution >= 4 is 17.4 Å². The Kier molecular flexibility index (Phi) is 5.17. The van der Waals surface area contributed by atoms with Gasteiger partial charge in [0.1, 0.15) is 23.4 Å². The molecule has 0 aliphatic carbocycles. The number of aliphatic hydroxyl groups is 1. The Labute approximate surface area is 190 Å². The van der Waals surface area contributed by atoms with Gasteiger partial charge in [-0.05, 0) is 54.4 Å². The molecule has 2 aromatic carbocycles. The van der Waals surface area contributed by atoms with Gasteiger partial charge in [0.2, 0.25) is 0 Å². The minimum absolute atomic E-state index is 0.0155. The summed E-state index contributed by atoms with van der Waals surface area (Å²) in [5, 5.41) is 11.2. The molecule has 0 spiro atoms. The first kappa shape index (κ1) is 20.9. The first-order chi connectivity index (χ1) is 15.9. The average molecular weight is 444 g/mol. The fourth-order valence-corrected chi connectivity index (χ4v) is 4.47. The topological polar surface area (TPSA) is 79.7 Å². The smallest absolute Gasteiger partial charge is 0.295 e. The maximum Gasteiger partial charge on any atom is 0.295 e. The van der Waals surface area contributed by atoms with Gasteiger partial charge in [-0.15, -0.1) is 0 Å². The van der Waals surface area contributed by atoms with Gasteiger partial charge in [0.15, 0.2) is 0 Å². The van der Waals surface area contributed by atoms with E-state index in [1.165, 1.54) is 23.1 Å². The van der Waals surface area contributed by atoms with Crippen LogP contribution >= 0.6 is 0 Å². The third-order valence-corrected chi connectivity index (χ3v) is 6.01. The minimum atomic E-state index is -1.07. The van der Waals surface area contributed by atoms with E-state index in [0.717, 1.165) is 16.9 Å². The molecule has 0 radical (unpaired) electrons. The number of benzene rings is 2. The molecule has 2 aliphatic heterocycles.